The Morgan fingerprint density at radius 3 is 2.52 bits per heavy atom. The zero-order chi connectivity index (χ0) is 23.8. The highest BCUT2D eigenvalue weighted by molar-refractivity contribution is 6.00. The zero-order valence-electron chi connectivity index (χ0n) is 18.6. The number of hydrogen-bond acceptors (Lipinski definition) is 6. The van der Waals surface area contributed by atoms with Gasteiger partial charge >= 0.3 is 0 Å². The van der Waals surface area contributed by atoms with E-state index in [0.717, 1.165) is 6.42 Å². The van der Waals surface area contributed by atoms with Crippen LogP contribution < -0.4 is 25.3 Å². The van der Waals surface area contributed by atoms with E-state index in [1.807, 2.05) is 0 Å². The van der Waals surface area contributed by atoms with Crippen LogP contribution in [-0.2, 0) is 14.4 Å². The van der Waals surface area contributed by atoms with Gasteiger partial charge in [0, 0.05) is 18.3 Å². The fraction of sp³-hybridized carbons (Fsp3) is 0.292. The van der Waals surface area contributed by atoms with Gasteiger partial charge in [-0.15, -0.1) is 0 Å². The molecule has 3 amide bonds. The molecule has 174 valence electrons. The first kappa shape index (κ1) is 23.6. The molecule has 9 nitrogen and oxygen atoms in total. The predicted molar refractivity (Wildman–Crippen MR) is 123 cm³/mol. The minimum Gasteiger partial charge on any atom is -0.497 e. The third-order valence-electron chi connectivity index (χ3n) is 5.17. The normalized spacial score (nSPS) is 15.3. The topological polar surface area (TPSA) is 120 Å². The van der Waals surface area contributed by atoms with Gasteiger partial charge < -0.3 is 30.2 Å². The molecule has 9 heteroatoms. The molecule has 1 aliphatic rings. The second kappa shape index (κ2) is 11.0. The molecule has 0 saturated carbocycles. The van der Waals surface area contributed by atoms with Gasteiger partial charge in [-0.05, 0) is 60.9 Å². The third-order valence-corrected chi connectivity index (χ3v) is 5.17. The number of carbonyl (C=O) groups excluding carboxylic acids is 3. The molecule has 1 heterocycles. The first-order chi connectivity index (χ1) is 15.9. The number of primary amides is 1. The number of nitrogens with two attached hydrogens (primary N) is 1. The number of nitrogens with one attached hydrogen (secondary N) is 1. The Labute approximate surface area is 192 Å². The van der Waals surface area contributed by atoms with Gasteiger partial charge in [-0.2, -0.15) is 0 Å². The number of anilines is 1. The summed E-state index contributed by atoms with van der Waals surface area (Å²) in [6.45, 7) is 0.242. The Bertz CT molecular complexity index is 1030. The molecule has 33 heavy (non-hydrogen) atoms. The lowest BCUT2D eigenvalue weighted by Gasteiger charge is -2.22. The average Bonchev–Trinajstić information content (AvgIpc) is 3.32. The molecular formula is C24H27N3O6. The number of benzene rings is 2. The van der Waals surface area contributed by atoms with Crippen molar-refractivity contribution >= 4 is 29.5 Å². The van der Waals surface area contributed by atoms with Crippen molar-refractivity contribution in [2.45, 2.75) is 18.9 Å². The monoisotopic (exact) mass is 453 g/mol. The van der Waals surface area contributed by atoms with Crippen molar-refractivity contribution in [1.82, 2.24) is 4.90 Å². The lowest BCUT2D eigenvalue weighted by atomic mass is 10.1. The van der Waals surface area contributed by atoms with Crippen LogP contribution in [0.3, 0.4) is 0 Å². The van der Waals surface area contributed by atoms with Crippen molar-refractivity contribution in [3.05, 3.63) is 54.1 Å². The van der Waals surface area contributed by atoms with Crippen LogP contribution in [-0.4, -0.2) is 56.0 Å². The first-order valence-corrected chi connectivity index (χ1v) is 10.4. The highest BCUT2D eigenvalue weighted by atomic mass is 16.5. The number of rotatable bonds is 9. The van der Waals surface area contributed by atoms with Gasteiger partial charge in [0.05, 0.1) is 14.2 Å². The van der Waals surface area contributed by atoms with Gasteiger partial charge in [-0.25, -0.2) is 0 Å². The molecule has 1 fully saturated rings. The highest BCUT2D eigenvalue weighted by Crippen LogP contribution is 2.29. The minimum absolute atomic E-state index is 0.225. The molecule has 0 radical (unpaired) electrons. The Morgan fingerprint density at radius 1 is 1.09 bits per heavy atom. The number of ether oxygens (including phenoxy) is 3. The number of amides is 3. The summed E-state index contributed by atoms with van der Waals surface area (Å²) in [6.07, 6.45) is 4.42. The Hall–Kier alpha value is -4.01. The predicted octanol–water partition coefficient (Wildman–Crippen LogP) is 2.21. The van der Waals surface area contributed by atoms with E-state index in [9.17, 15) is 14.4 Å². The Balaban J connectivity index is 1.64. The molecule has 1 unspecified atom stereocenters. The van der Waals surface area contributed by atoms with Crippen LogP contribution in [0.5, 0.6) is 17.2 Å². The van der Waals surface area contributed by atoms with Gasteiger partial charge in [0.25, 0.3) is 5.91 Å². The van der Waals surface area contributed by atoms with Crippen LogP contribution in [0.25, 0.3) is 6.08 Å². The first-order valence-electron chi connectivity index (χ1n) is 10.4. The standard InChI is InChI=1S/C24H27N3O6/c1-31-18-9-7-17(8-10-18)26-24(30)19-4-3-13-27(19)23(29)12-6-16-5-11-20(21(14-16)32-2)33-15-22(25)28/h5-12,14,19H,3-4,13,15H2,1-2H3,(H2,25,28)(H,26,30)/b12-6+. The van der Waals surface area contributed by atoms with E-state index in [4.69, 9.17) is 19.9 Å². The van der Waals surface area contributed by atoms with Gasteiger partial charge in [0.1, 0.15) is 11.8 Å². The van der Waals surface area contributed by atoms with Crippen LogP contribution in [0.2, 0.25) is 0 Å². The summed E-state index contributed by atoms with van der Waals surface area (Å²) < 4.78 is 15.7. The molecular weight excluding hydrogens is 426 g/mol. The molecule has 0 bridgehead atoms. The number of nitrogens with zero attached hydrogens (tertiary/aromatic N) is 1. The molecule has 1 saturated heterocycles. The maximum atomic E-state index is 12.8. The summed E-state index contributed by atoms with van der Waals surface area (Å²) in [5.74, 6) is 0.397. The number of likely N-dealkylation sites (tertiary alicyclic amines) is 1. The fourth-order valence-corrected chi connectivity index (χ4v) is 3.52. The summed E-state index contributed by atoms with van der Waals surface area (Å²) >= 11 is 0. The van der Waals surface area contributed by atoms with E-state index in [2.05, 4.69) is 5.32 Å². The van der Waals surface area contributed by atoms with Crippen LogP contribution in [0.4, 0.5) is 5.69 Å². The zero-order valence-corrected chi connectivity index (χ0v) is 18.6. The summed E-state index contributed by atoms with van der Waals surface area (Å²) in [4.78, 5) is 38.1. The van der Waals surface area contributed by atoms with E-state index in [0.29, 0.717) is 41.5 Å². The molecule has 1 atom stereocenters. The van der Waals surface area contributed by atoms with E-state index >= 15 is 0 Å². The number of hydrogen-bond donors (Lipinski definition) is 2. The number of methoxy groups -OCH3 is 2. The Kier molecular flexibility index (Phi) is 7.91. The van der Waals surface area contributed by atoms with Crippen molar-refractivity contribution in [3.63, 3.8) is 0 Å². The van der Waals surface area contributed by atoms with E-state index in [1.54, 1.807) is 60.6 Å². The molecule has 3 N–H and O–H groups in total. The molecule has 0 aromatic heterocycles. The molecule has 3 rings (SSSR count). The fourth-order valence-electron chi connectivity index (χ4n) is 3.52. The van der Waals surface area contributed by atoms with Crippen molar-refractivity contribution in [2.75, 3.05) is 32.7 Å². The smallest absolute Gasteiger partial charge is 0.255 e. The van der Waals surface area contributed by atoms with Gasteiger partial charge in [0.15, 0.2) is 18.1 Å². The van der Waals surface area contributed by atoms with E-state index in [1.165, 1.54) is 13.2 Å². The van der Waals surface area contributed by atoms with Crippen molar-refractivity contribution < 1.29 is 28.6 Å². The van der Waals surface area contributed by atoms with E-state index < -0.39 is 11.9 Å². The summed E-state index contributed by atoms with van der Waals surface area (Å²) in [5, 5.41) is 2.86. The Morgan fingerprint density at radius 2 is 1.85 bits per heavy atom. The second-order valence-electron chi connectivity index (χ2n) is 7.41. The number of carbonyl (C=O) groups is 3. The maximum Gasteiger partial charge on any atom is 0.255 e. The molecule has 2 aromatic carbocycles. The van der Waals surface area contributed by atoms with Crippen LogP contribution in [0.1, 0.15) is 18.4 Å². The molecule has 0 spiro atoms. The molecule has 0 aliphatic carbocycles. The van der Waals surface area contributed by atoms with Gasteiger partial charge in [-0.3, -0.25) is 14.4 Å². The van der Waals surface area contributed by atoms with Crippen molar-refractivity contribution in [3.8, 4) is 17.2 Å². The van der Waals surface area contributed by atoms with E-state index in [-0.39, 0.29) is 18.4 Å². The SMILES string of the molecule is COc1ccc(NC(=O)C2CCCN2C(=O)/C=C/c2ccc(OCC(N)=O)c(OC)c2)cc1. The molecule has 1 aliphatic heterocycles. The van der Waals surface area contributed by atoms with Crippen molar-refractivity contribution in [2.24, 2.45) is 5.73 Å². The lowest BCUT2D eigenvalue weighted by Crippen LogP contribution is -2.42. The largest absolute Gasteiger partial charge is 0.497 e. The second-order valence-corrected chi connectivity index (χ2v) is 7.41. The summed E-state index contributed by atoms with van der Waals surface area (Å²) in [5.41, 5.74) is 6.44. The van der Waals surface area contributed by atoms with Gasteiger partial charge in [-0.1, -0.05) is 6.07 Å². The van der Waals surface area contributed by atoms with Crippen LogP contribution in [0.15, 0.2) is 48.5 Å². The molecule has 2 aromatic rings. The highest BCUT2D eigenvalue weighted by Gasteiger charge is 2.33. The van der Waals surface area contributed by atoms with Crippen LogP contribution in [0, 0.1) is 0 Å². The minimum atomic E-state index is -0.595. The average molecular weight is 453 g/mol. The lowest BCUT2D eigenvalue weighted by molar-refractivity contribution is -0.132. The third kappa shape index (κ3) is 6.25. The van der Waals surface area contributed by atoms with Gasteiger partial charge in [0.2, 0.25) is 11.8 Å². The summed E-state index contributed by atoms with van der Waals surface area (Å²) in [6, 6.07) is 11.5. The maximum absolute atomic E-state index is 12.8. The van der Waals surface area contributed by atoms with Crippen molar-refractivity contribution in [1.29, 1.82) is 0 Å². The quantitative estimate of drug-likeness (QED) is 0.562. The summed E-state index contributed by atoms with van der Waals surface area (Å²) in [7, 11) is 3.05. The van der Waals surface area contributed by atoms with Crippen LogP contribution >= 0.6 is 0 Å².